The molecule has 1 rings (SSSR count). The predicted molar refractivity (Wildman–Crippen MR) is 81.4 cm³/mol. The van der Waals surface area contributed by atoms with Crippen molar-refractivity contribution in [2.45, 2.75) is 31.2 Å². The Kier molecular flexibility index (Phi) is 6.38. The Morgan fingerprint density at radius 3 is 2.55 bits per heavy atom. The summed E-state index contributed by atoms with van der Waals surface area (Å²) in [6, 6.07) is 3.09. The van der Waals surface area contributed by atoms with Gasteiger partial charge in [0.1, 0.15) is 10.7 Å². The molecule has 1 atom stereocenters. The maximum atomic E-state index is 12.2. The van der Waals surface area contributed by atoms with Gasteiger partial charge < -0.3 is 10.2 Å². The zero-order valence-corrected chi connectivity index (χ0v) is 13.4. The fourth-order valence-electron chi connectivity index (χ4n) is 1.81. The van der Waals surface area contributed by atoms with Crippen LogP contribution >= 0.6 is 0 Å². The molecule has 2 N–H and O–H groups in total. The van der Waals surface area contributed by atoms with Gasteiger partial charge in [-0.15, -0.1) is 0 Å². The molecule has 0 aliphatic rings. The minimum atomic E-state index is -3.51. The quantitative estimate of drug-likeness (QED) is 0.753. The lowest BCUT2D eigenvalue weighted by Crippen LogP contribution is -2.39. The number of pyridine rings is 1. The number of likely N-dealkylation sites (N-methyl/N-ethyl adjacent to an activating group) is 1. The fraction of sp³-hybridized carbons (Fsp3) is 0.615. The van der Waals surface area contributed by atoms with Crippen molar-refractivity contribution in [2.75, 3.05) is 32.5 Å². The summed E-state index contributed by atoms with van der Waals surface area (Å²) in [6.07, 6.45) is 2.37. The van der Waals surface area contributed by atoms with E-state index in [1.807, 2.05) is 25.9 Å². The number of nitrogens with zero attached hydrogens (tertiary/aromatic N) is 2. The molecule has 0 fully saturated rings. The number of anilines is 1. The molecule has 1 heterocycles. The molecule has 20 heavy (non-hydrogen) atoms. The molecule has 1 aromatic rings. The first-order chi connectivity index (χ1) is 9.35. The highest BCUT2D eigenvalue weighted by atomic mass is 32.2. The Morgan fingerprint density at radius 1 is 1.35 bits per heavy atom. The van der Waals surface area contributed by atoms with Crippen LogP contribution in [0.5, 0.6) is 0 Å². The van der Waals surface area contributed by atoms with Gasteiger partial charge in [-0.2, -0.15) is 0 Å². The molecule has 0 bridgehead atoms. The van der Waals surface area contributed by atoms with Crippen LogP contribution in [0.15, 0.2) is 23.2 Å². The monoisotopic (exact) mass is 300 g/mol. The number of hydrogen-bond acceptors (Lipinski definition) is 5. The van der Waals surface area contributed by atoms with Crippen molar-refractivity contribution < 1.29 is 8.42 Å². The average molecular weight is 300 g/mol. The van der Waals surface area contributed by atoms with Crippen LogP contribution in [0.3, 0.4) is 0 Å². The maximum Gasteiger partial charge on any atom is 0.242 e. The van der Waals surface area contributed by atoms with Gasteiger partial charge in [-0.25, -0.2) is 18.1 Å². The van der Waals surface area contributed by atoms with Gasteiger partial charge in [0.15, 0.2) is 0 Å². The molecular weight excluding hydrogens is 276 g/mol. The summed E-state index contributed by atoms with van der Waals surface area (Å²) < 4.78 is 27.0. The molecule has 0 aliphatic carbocycles. The van der Waals surface area contributed by atoms with Gasteiger partial charge in [-0.1, -0.05) is 6.92 Å². The van der Waals surface area contributed by atoms with Crippen molar-refractivity contribution in [1.29, 1.82) is 0 Å². The van der Waals surface area contributed by atoms with Crippen LogP contribution in [-0.4, -0.2) is 51.5 Å². The smallest absolute Gasteiger partial charge is 0.242 e. The second-order valence-corrected chi connectivity index (χ2v) is 6.80. The SMILES string of the molecule is CCCNc1ccc(S(=O)(=O)NC(C)CN(C)C)cn1. The topological polar surface area (TPSA) is 74.3 Å². The van der Waals surface area contributed by atoms with E-state index in [4.69, 9.17) is 0 Å². The first kappa shape index (κ1) is 16.9. The number of sulfonamides is 1. The van der Waals surface area contributed by atoms with Crippen molar-refractivity contribution in [1.82, 2.24) is 14.6 Å². The van der Waals surface area contributed by atoms with Gasteiger partial charge in [-0.3, -0.25) is 0 Å². The minimum absolute atomic E-state index is 0.159. The van der Waals surface area contributed by atoms with E-state index in [0.29, 0.717) is 12.4 Å². The van der Waals surface area contributed by atoms with Crippen molar-refractivity contribution >= 4 is 15.8 Å². The van der Waals surface area contributed by atoms with E-state index in [0.717, 1.165) is 13.0 Å². The van der Waals surface area contributed by atoms with Gasteiger partial charge in [0, 0.05) is 25.3 Å². The molecule has 0 saturated heterocycles. The average Bonchev–Trinajstić information content (AvgIpc) is 2.35. The summed E-state index contributed by atoms with van der Waals surface area (Å²) in [4.78, 5) is 6.23. The summed E-state index contributed by atoms with van der Waals surface area (Å²) in [5.41, 5.74) is 0. The predicted octanol–water partition coefficient (Wildman–Crippen LogP) is 1.13. The standard InChI is InChI=1S/C13H24N4O2S/c1-5-8-14-13-7-6-12(9-15-13)20(18,19)16-11(2)10-17(3)4/h6-7,9,11,16H,5,8,10H2,1-4H3,(H,14,15). The van der Waals surface area contributed by atoms with E-state index in [1.165, 1.54) is 6.20 Å². The van der Waals surface area contributed by atoms with Crippen LogP contribution < -0.4 is 10.0 Å². The van der Waals surface area contributed by atoms with E-state index < -0.39 is 10.0 Å². The van der Waals surface area contributed by atoms with Gasteiger partial charge in [0.05, 0.1) is 0 Å². The number of nitrogens with one attached hydrogen (secondary N) is 2. The van der Waals surface area contributed by atoms with E-state index in [1.54, 1.807) is 12.1 Å². The van der Waals surface area contributed by atoms with Crippen LogP contribution in [0, 0.1) is 0 Å². The molecule has 0 aromatic carbocycles. The van der Waals surface area contributed by atoms with Crippen LogP contribution in [0.1, 0.15) is 20.3 Å². The van der Waals surface area contributed by atoms with Crippen molar-refractivity contribution in [3.05, 3.63) is 18.3 Å². The van der Waals surface area contributed by atoms with Crippen LogP contribution in [-0.2, 0) is 10.0 Å². The van der Waals surface area contributed by atoms with Gasteiger partial charge >= 0.3 is 0 Å². The summed E-state index contributed by atoms with van der Waals surface area (Å²) in [6.45, 7) is 5.35. The Bertz CT molecular complexity index is 500. The van der Waals surface area contributed by atoms with Crippen LogP contribution in [0.25, 0.3) is 0 Å². The largest absolute Gasteiger partial charge is 0.370 e. The molecule has 6 nitrogen and oxygen atoms in total. The summed E-state index contributed by atoms with van der Waals surface area (Å²) in [5, 5.41) is 3.11. The van der Waals surface area contributed by atoms with E-state index in [9.17, 15) is 8.42 Å². The Balaban J connectivity index is 2.72. The maximum absolute atomic E-state index is 12.2. The van der Waals surface area contributed by atoms with E-state index in [-0.39, 0.29) is 10.9 Å². The molecule has 0 radical (unpaired) electrons. The van der Waals surface area contributed by atoms with Crippen molar-refractivity contribution in [3.8, 4) is 0 Å². The van der Waals surface area contributed by atoms with Gasteiger partial charge in [0.25, 0.3) is 0 Å². The van der Waals surface area contributed by atoms with Crippen molar-refractivity contribution in [3.63, 3.8) is 0 Å². The normalized spacial score (nSPS) is 13.4. The van der Waals surface area contributed by atoms with Crippen LogP contribution in [0.4, 0.5) is 5.82 Å². The zero-order chi connectivity index (χ0) is 15.2. The van der Waals surface area contributed by atoms with Gasteiger partial charge in [0.2, 0.25) is 10.0 Å². The molecule has 0 spiro atoms. The van der Waals surface area contributed by atoms with E-state index >= 15 is 0 Å². The molecule has 0 aliphatic heterocycles. The third-order valence-corrected chi connectivity index (χ3v) is 4.17. The lowest BCUT2D eigenvalue weighted by molar-refractivity contribution is 0.370. The number of hydrogen-bond donors (Lipinski definition) is 2. The molecule has 1 aromatic heterocycles. The molecule has 0 amide bonds. The summed E-state index contributed by atoms with van der Waals surface area (Å²) in [5.74, 6) is 0.687. The zero-order valence-electron chi connectivity index (χ0n) is 12.5. The first-order valence-electron chi connectivity index (χ1n) is 6.72. The fourth-order valence-corrected chi connectivity index (χ4v) is 2.99. The number of rotatable bonds is 8. The lowest BCUT2D eigenvalue weighted by atomic mass is 10.3. The highest BCUT2D eigenvalue weighted by Gasteiger charge is 2.18. The number of aromatic nitrogens is 1. The van der Waals surface area contributed by atoms with E-state index in [2.05, 4.69) is 21.9 Å². The second kappa shape index (κ2) is 7.56. The molecule has 1 unspecified atom stereocenters. The second-order valence-electron chi connectivity index (χ2n) is 5.09. The summed E-state index contributed by atoms with van der Waals surface area (Å²) in [7, 11) is 0.297. The first-order valence-corrected chi connectivity index (χ1v) is 8.20. The third kappa shape index (κ3) is 5.44. The Hall–Kier alpha value is -1.18. The molecule has 114 valence electrons. The molecule has 0 saturated carbocycles. The minimum Gasteiger partial charge on any atom is -0.370 e. The van der Waals surface area contributed by atoms with Crippen molar-refractivity contribution in [2.24, 2.45) is 0 Å². The third-order valence-electron chi connectivity index (χ3n) is 2.60. The Labute approximate surface area is 121 Å². The lowest BCUT2D eigenvalue weighted by Gasteiger charge is -2.18. The molecule has 7 heteroatoms. The highest BCUT2D eigenvalue weighted by Crippen LogP contribution is 2.11. The highest BCUT2D eigenvalue weighted by molar-refractivity contribution is 7.89. The van der Waals surface area contributed by atoms with Gasteiger partial charge in [-0.05, 0) is 39.6 Å². The van der Waals surface area contributed by atoms with Crippen LogP contribution in [0.2, 0.25) is 0 Å². The summed E-state index contributed by atoms with van der Waals surface area (Å²) >= 11 is 0. The molecular formula is C13H24N4O2S. The Morgan fingerprint density at radius 2 is 2.05 bits per heavy atom.